The summed E-state index contributed by atoms with van der Waals surface area (Å²) in [6.07, 6.45) is 6.88. The van der Waals surface area contributed by atoms with Gasteiger partial charge in [0.15, 0.2) is 0 Å². The number of hydrogen-bond acceptors (Lipinski definition) is 7. The monoisotopic (exact) mass is 403 g/mol. The van der Waals surface area contributed by atoms with Gasteiger partial charge in [0, 0.05) is 23.2 Å². The summed E-state index contributed by atoms with van der Waals surface area (Å²) < 4.78 is 5.48. The second-order valence-corrected chi connectivity index (χ2v) is 8.22. The molecule has 1 fully saturated rings. The summed E-state index contributed by atoms with van der Waals surface area (Å²) in [7, 11) is 1.68. The molecule has 3 heterocycles. The Bertz CT molecular complexity index is 1150. The summed E-state index contributed by atoms with van der Waals surface area (Å²) in [5.74, 6) is 2.13. The van der Waals surface area contributed by atoms with Crippen LogP contribution in [0.2, 0.25) is 0 Å². The van der Waals surface area contributed by atoms with Crippen LogP contribution in [-0.2, 0) is 0 Å². The lowest BCUT2D eigenvalue weighted by Crippen LogP contribution is -1.95. The fraction of sp³-hybridized carbons (Fsp3) is 0.273. The van der Waals surface area contributed by atoms with Gasteiger partial charge in [0.05, 0.1) is 18.1 Å². The lowest BCUT2D eigenvalue weighted by Gasteiger charge is -2.09. The molecule has 4 aromatic rings. The first-order valence-electron chi connectivity index (χ1n) is 9.81. The van der Waals surface area contributed by atoms with Crippen molar-refractivity contribution in [1.82, 2.24) is 20.2 Å². The van der Waals surface area contributed by atoms with Crippen LogP contribution in [0.3, 0.4) is 0 Å². The Kier molecular flexibility index (Phi) is 4.81. The molecule has 0 unspecified atom stereocenters. The first-order valence-corrected chi connectivity index (χ1v) is 10.6. The zero-order valence-corrected chi connectivity index (χ0v) is 16.9. The molecule has 5 rings (SSSR count). The summed E-state index contributed by atoms with van der Waals surface area (Å²) in [6, 6.07) is 13.8. The molecule has 3 aromatic heterocycles. The van der Waals surface area contributed by atoms with Crippen molar-refractivity contribution in [3.63, 3.8) is 0 Å². The topological polar surface area (TPSA) is 72.8 Å². The van der Waals surface area contributed by atoms with E-state index in [1.807, 2.05) is 48.7 Å². The van der Waals surface area contributed by atoms with Crippen LogP contribution in [0.1, 0.15) is 36.6 Å². The quantitative estimate of drug-likeness (QED) is 0.470. The third-order valence-corrected chi connectivity index (χ3v) is 6.34. The van der Waals surface area contributed by atoms with E-state index in [0.717, 1.165) is 43.9 Å². The van der Waals surface area contributed by atoms with E-state index in [1.54, 1.807) is 18.4 Å². The van der Waals surface area contributed by atoms with Gasteiger partial charge in [0.25, 0.3) is 0 Å². The predicted molar refractivity (Wildman–Crippen MR) is 116 cm³/mol. The number of nitrogens with zero attached hydrogens (tertiary/aromatic N) is 4. The van der Waals surface area contributed by atoms with Crippen molar-refractivity contribution in [2.24, 2.45) is 0 Å². The fourth-order valence-corrected chi connectivity index (χ4v) is 4.76. The van der Waals surface area contributed by atoms with Crippen LogP contribution in [0.5, 0.6) is 5.75 Å². The zero-order chi connectivity index (χ0) is 19.6. The van der Waals surface area contributed by atoms with E-state index in [2.05, 4.69) is 20.5 Å². The summed E-state index contributed by atoms with van der Waals surface area (Å²) in [5, 5.41) is 13.9. The number of fused-ring (bicyclic) bond motifs is 1. The SMILES string of the molecule is COc1ccccc1-c1cnc2ccc(Nc3nnc(C4CCCC4)s3)nc2c1. The second kappa shape index (κ2) is 7.75. The maximum absolute atomic E-state index is 5.48. The second-order valence-electron chi connectivity index (χ2n) is 7.21. The third-order valence-electron chi connectivity index (χ3n) is 5.34. The van der Waals surface area contributed by atoms with Crippen molar-refractivity contribution in [3.8, 4) is 16.9 Å². The highest BCUT2D eigenvalue weighted by molar-refractivity contribution is 7.15. The van der Waals surface area contributed by atoms with Crippen molar-refractivity contribution in [2.45, 2.75) is 31.6 Å². The molecule has 0 amide bonds. The molecule has 0 aliphatic heterocycles. The summed E-state index contributed by atoms with van der Waals surface area (Å²) in [4.78, 5) is 9.31. The van der Waals surface area contributed by atoms with E-state index < -0.39 is 0 Å². The first kappa shape index (κ1) is 18.0. The van der Waals surface area contributed by atoms with Crippen LogP contribution < -0.4 is 10.1 Å². The predicted octanol–water partition coefficient (Wildman–Crippen LogP) is 5.56. The van der Waals surface area contributed by atoms with Crippen LogP contribution in [0.15, 0.2) is 48.7 Å². The molecular formula is C22H21N5OS. The molecule has 0 radical (unpaired) electrons. The van der Waals surface area contributed by atoms with Crippen LogP contribution >= 0.6 is 11.3 Å². The Morgan fingerprint density at radius 3 is 2.76 bits per heavy atom. The summed E-state index contributed by atoms with van der Waals surface area (Å²) in [6.45, 7) is 0. The van der Waals surface area contributed by atoms with Gasteiger partial charge in [0.2, 0.25) is 5.13 Å². The van der Waals surface area contributed by atoms with Gasteiger partial charge in [0.1, 0.15) is 16.6 Å². The van der Waals surface area contributed by atoms with Gasteiger partial charge in [-0.3, -0.25) is 4.98 Å². The lowest BCUT2D eigenvalue weighted by molar-refractivity contribution is 0.416. The number of benzene rings is 1. The minimum atomic E-state index is 0.570. The van der Waals surface area contributed by atoms with Crippen molar-refractivity contribution in [1.29, 1.82) is 0 Å². The Morgan fingerprint density at radius 1 is 1.03 bits per heavy atom. The van der Waals surface area contributed by atoms with E-state index in [9.17, 15) is 0 Å². The number of pyridine rings is 2. The highest BCUT2D eigenvalue weighted by Gasteiger charge is 2.21. The molecule has 0 atom stereocenters. The lowest BCUT2D eigenvalue weighted by atomic mass is 10.1. The van der Waals surface area contributed by atoms with Gasteiger partial charge in [-0.05, 0) is 37.1 Å². The molecule has 1 aromatic carbocycles. The molecule has 1 N–H and O–H groups in total. The number of anilines is 2. The summed E-state index contributed by atoms with van der Waals surface area (Å²) >= 11 is 1.63. The Balaban J connectivity index is 1.43. The van der Waals surface area contributed by atoms with E-state index in [4.69, 9.17) is 9.72 Å². The number of methoxy groups -OCH3 is 1. The van der Waals surface area contributed by atoms with Crippen molar-refractivity contribution in [2.75, 3.05) is 12.4 Å². The number of hydrogen-bond donors (Lipinski definition) is 1. The van der Waals surface area contributed by atoms with E-state index in [1.165, 1.54) is 25.7 Å². The first-order chi connectivity index (χ1) is 14.3. The van der Waals surface area contributed by atoms with Crippen molar-refractivity contribution in [3.05, 3.63) is 53.7 Å². The van der Waals surface area contributed by atoms with Crippen molar-refractivity contribution < 1.29 is 4.74 Å². The molecule has 1 saturated carbocycles. The molecule has 6 nitrogen and oxygen atoms in total. The molecule has 29 heavy (non-hydrogen) atoms. The number of ether oxygens (including phenoxy) is 1. The van der Waals surface area contributed by atoms with E-state index in [-0.39, 0.29) is 0 Å². The van der Waals surface area contributed by atoms with E-state index in [0.29, 0.717) is 5.92 Å². The molecule has 1 aliphatic carbocycles. The zero-order valence-electron chi connectivity index (χ0n) is 16.1. The largest absolute Gasteiger partial charge is 0.496 e. The molecule has 146 valence electrons. The highest BCUT2D eigenvalue weighted by Crippen LogP contribution is 2.37. The molecular weight excluding hydrogens is 382 g/mol. The maximum Gasteiger partial charge on any atom is 0.211 e. The van der Waals surface area contributed by atoms with Gasteiger partial charge in [-0.15, -0.1) is 10.2 Å². The number of nitrogens with one attached hydrogen (secondary N) is 1. The minimum Gasteiger partial charge on any atom is -0.496 e. The van der Waals surface area contributed by atoms with Crippen molar-refractivity contribution >= 4 is 33.3 Å². The van der Waals surface area contributed by atoms with Crippen LogP contribution in [0.4, 0.5) is 10.9 Å². The van der Waals surface area contributed by atoms with Gasteiger partial charge < -0.3 is 10.1 Å². The smallest absolute Gasteiger partial charge is 0.211 e. The average Bonchev–Trinajstić information content (AvgIpc) is 3.45. The van der Waals surface area contributed by atoms with Crippen LogP contribution in [0.25, 0.3) is 22.2 Å². The van der Waals surface area contributed by atoms with Gasteiger partial charge in [-0.2, -0.15) is 0 Å². The molecule has 0 saturated heterocycles. The fourth-order valence-electron chi connectivity index (χ4n) is 3.84. The molecule has 1 aliphatic rings. The van der Waals surface area contributed by atoms with Crippen LogP contribution in [0, 0.1) is 0 Å². The third kappa shape index (κ3) is 3.65. The summed E-state index contributed by atoms with van der Waals surface area (Å²) in [5.41, 5.74) is 3.63. The van der Waals surface area contributed by atoms with Gasteiger partial charge in [-0.1, -0.05) is 42.4 Å². The highest BCUT2D eigenvalue weighted by atomic mass is 32.1. The number of para-hydroxylation sites is 1. The average molecular weight is 404 g/mol. The van der Waals surface area contributed by atoms with Gasteiger partial charge >= 0.3 is 0 Å². The standard InChI is InChI=1S/C22H21N5OS/c1-28-19-9-5-4-8-16(19)15-12-18-17(23-13-15)10-11-20(24-18)25-22-27-26-21(29-22)14-6-2-3-7-14/h4-5,8-14H,2-3,6-7H2,1H3,(H,24,25,27). The minimum absolute atomic E-state index is 0.570. The molecule has 0 spiro atoms. The molecule has 7 heteroatoms. The molecule has 0 bridgehead atoms. The Labute approximate surface area is 173 Å². The Hall–Kier alpha value is -3.06. The number of rotatable bonds is 5. The normalized spacial score (nSPS) is 14.4. The van der Waals surface area contributed by atoms with Gasteiger partial charge in [-0.25, -0.2) is 4.98 Å². The van der Waals surface area contributed by atoms with E-state index >= 15 is 0 Å². The van der Waals surface area contributed by atoms with Crippen LogP contribution in [-0.4, -0.2) is 27.3 Å². The number of aromatic nitrogens is 4. The Morgan fingerprint density at radius 2 is 1.90 bits per heavy atom. The maximum atomic E-state index is 5.48.